The van der Waals surface area contributed by atoms with Crippen LogP contribution >= 0.6 is 11.3 Å². The van der Waals surface area contributed by atoms with Crippen LogP contribution in [0.3, 0.4) is 0 Å². The topological polar surface area (TPSA) is 102 Å². The molecule has 4 rings (SSSR count). The van der Waals surface area contributed by atoms with Crippen molar-refractivity contribution in [2.24, 2.45) is 0 Å². The number of benzene rings is 1. The van der Waals surface area contributed by atoms with E-state index in [1.54, 1.807) is 11.3 Å². The predicted molar refractivity (Wildman–Crippen MR) is 112 cm³/mol. The Morgan fingerprint density at radius 2 is 2.03 bits per heavy atom. The van der Waals surface area contributed by atoms with Gasteiger partial charge in [-0.2, -0.15) is 0 Å². The van der Waals surface area contributed by atoms with Crippen molar-refractivity contribution in [3.05, 3.63) is 57.3 Å². The van der Waals surface area contributed by atoms with E-state index >= 15 is 0 Å². The van der Waals surface area contributed by atoms with Crippen LogP contribution < -0.4 is 5.32 Å². The van der Waals surface area contributed by atoms with Gasteiger partial charge in [-0.15, -0.1) is 11.3 Å². The Morgan fingerprint density at radius 3 is 2.77 bits per heavy atom. The van der Waals surface area contributed by atoms with Crippen molar-refractivity contribution in [2.75, 3.05) is 26.3 Å². The van der Waals surface area contributed by atoms with Gasteiger partial charge in [-0.1, -0.05) is 6.07 Å². The van der Waals surface area contributed by atoms with Gasteiger partial charge in [0.15, 0.2) is 6.61 Å². The van der Waals surface area contributed by atoms with Gasteiger partial charge in [-0.05, 0) is 48.9 Å². The Labute approximate surface area is 183 Å². The van der Waals surface area contributed by atoms with Gasteiger partial charge in [0.2, 0.25) is 0 Å². The van der Waals surface area contributed by atoms with Gasteiger partial charge >= 0.3 is 5.97 Å². The molecule has 1 fully saturated rings. The number of thiophene rings is 1. The fourth-order valence-electron chi connectivity index (χ4n) is 3.62. The molecule has 0 saturated carbocycles. The highest BCUT2D eigenvalue weighted by molar-refractivity contribution is 7.09. The molecule has 3 amide bonds. The van der Waals surface area contributed by atoms with Crippen LogP contribution in [0.25, 0.3) is 0 Å². The van der Waals surface area contributed by atoms with E-state index in [1.165, 1.54) is 18.2 Å². The highest BCUT2D eigenvalue weighted by atomic mass is 32.1. The number of fused-ring (bicyclic) bond motifs is 1. The minimum atomic E-state index is -0.728. The lowest BCUT2D eigenvalue weighted by Crippen LogP contribution is -2.36. The third-order valence-corrected chi connectivity index (χ3v) is 6.16. The Bertz CT molecular complexity index is 997. The molecule has 2 aromatic rings. The van der Waals surface area contributed by atoms with Gasteiger partial charge in [-0.3, -0.25) is 19.3 Å². The molecule has 1 atom stereocenters. The van der Waals surface area contributed by atoms with Gasteiger partial charge in [0.1, 0.15) is 0 Å². The second-order valence-electron chi connectivity index (χ2n) is 7.37. The van der Waals surface area contributed by atoms with Crippen LogP contribution in [0.2, 0.25) is 0 Å². The molecule has 162 valence electrons. The number of ether oxygens (including phenoxy) is 2. The molecule has 0 aliphatic carbocycles. The number of hydrogen-bond acceptors (Lipinski definition) is 7. The van der Waals surface area contributed by atoms with Crippen LogP contribution in [0.1, 0.15) is 48.8 Å². The SMILES string of the molecule is O=C(COC(=O)c1ccc2c(c1)C(=O)N(CC1CCCO1)C2=O)NCCc1cccs1. The minimum Gasteiger partial charge on any atom is -0.452 e. The molecule has 1 saturated heterocycles. The first-order valence-corrected chi connectivity index (χ1v) is 11.0. The molecule has 2 aliphatic heterocycles. The first-order valence-electron chi connectivity index (χ1n) is 10.1. The van der Waals surface area contributed by atoms with Gasteiger partial charge in [0, 0.05) is 18.0 Å². The number of carbonyl (C=O) groups is 4. The number of esters is 1. The molecule has 31 heavy (non-hydrogen) atoms. The van der Waals surface area contributed by atoms with Crippen LogP contribution in [0, 0.1) is 0 Å². The smallest absolute Gasteiger partial charge is 0.338 e. The average molecular weight is 442 g/mol. The van der Waals surface area contributed by atoms with Crippen LogP contribution in [-0.4, -0.2) is 61.0 Å². The standard InChI is InChI=1S/C22H22N2O6S/c25-19(23-8-7-16-4-2-10-31-16)13-30-22(28)14-5-6-17-18(11-14)21(27)24(20(17)26)12-15-3-1-9-29-15/h2,4-6,10-11,15H,1,3,7-9,12-13H2,(H,23,25). The van der Waals surface area contributed by atoms with Crippen molar-refractivity contribution in [3.63, 3.8) is 0 Å². The second kappa shape index (κ2) is 9.40. The van der Waals surface area contributed by atoms with Crippen molar-refractivity contribution in [3.8, 4) is 0 Å². The zero-order chi connectivity index (χ0) is 21.8. The quantitative estimate of drug-likeness (QED) is 0.496. The van der Waals surface area contributed by atoms with Crippen LogP contribution in [0.4, 0.5) is 0 Å². The Hall–Kier alpha value is -3.04. The molecule has 3 heterocycles. The summed E-state index contributed by atoms with van der Waals surface area (Å²) >= 11 is 1.61. The average Bonchev–Trinajstić information content (AvgIpc) is 3.52. The summed E-state index contributed by atoms with van der Waals surface area (Å²) in [4.78, 5) is 51.8. The Kier molecular flexibility index (Phi) is 6.43. The minimum absolute atomic E-state index is 0.116. The van der Waals surface area contributed by atoms with Crippen LogP contribution in [-0.2, 0) is 20.7 Å². The molecular weight excluding hydrogens is 420 g/mol. The zero-order valence-corrected chi connectivity index (χ0v) is 17.6. The summed E-state index contributed by atoms with van der Waals surface area (Å²) in [6.45, 7) is 0.870. The molecule has 2 aliphatic rings. The highest BCUT2D eigenvalue weighted by Crippen LogP contribution is 2.26. The fourth-order valence-corrected chi connectivity index (χ4v) is 4.33. The number of nitrogens with zero attached hydrogens (tertiary/aromatic N) is 1. The summed E-state index contributed by atoms with van der Waals surface area (Å²) in [5, 5.41) is 4.66. The molecule has 8 nitrogen and oxygen atoms in total. The van der Waals surface area contributed by atoms with E-state index in [2.05, 4.69) is 5.32 Å². The Morgan fingerprint density at radius 1 is 1.19 bits per heavy atom. The van der Waals surface area contributed by atoms with E-state index in [-0.39, 0.29) is 35.2 Å². The lowest BCUT2D eigenvalue weighted by Gasteiger charge is -2.17. The molecule has 0 radical (unpaired) electrons. The van der Waals surface area contributed by atoms with E-state index in [1.807, 2.05) is 17.5 Å². The van der Waals surface area contributed by atoms with E-state index < -0.39 is 24.4 Å². The van der Waals surface area contributed by atoms with E-state index in [4.69, 9.17) is 9.47 Å². The summed E-state index contributed by atoms with van der Waals surface area (Å²) in [6, 6.07) is 8.15. The first-order chi connectivity index (χ1) is 15.0. The van der Waals surface area contributed by atoms with Crippen molar-refractivity contribution >= 4 is 35.0 Å². The van der Waals surface area contributed by atoms with Gasteiger partial charge in [-0.25, -0.2) is 4.79 Å². The van der Waals surface area contributed by atoms with Gasteiger partial charge in [0.05, 0.1) is 29.3 Å². The highest BCUT2D eigenvalue weighted by Gasteiger charge is 2.38. The maximum absolute atomic E-state index is 12.7. The van der Waals surface area contributed by atoms with Crippen molar-refractivity contribution < 1.29 is 28.7 Å². The van der Waals surface area contributed by atoms with Gasteiger partial charge in [0.25, 0.3) is 17.7 Å². The molecular formula is C22H22N2O6S. The van der Waals surface area contributed by atoms with Crippen LogP contribution in [0.5, 0.6) is 0 Å². The lowest BCUT2D eigenvalue weighted by molar-refractivity contribution is -0.124. The van der Waals surface area contributed by atoms with E-state index in [9.17, 15) is 19.2 Å². The third-order valence-electron chi connectivity index (χ3n) is 5.22. The number of amides is 3. The molecule has 0 bridgehead atoms. The molecule has 1 aromatic carbocycles. The number of imide groups is 1. The lowest BCUT2D eigenvalue weighted by atomic mass is 10.1. The largest absolute Gasteiger partial charge is 0.452 e. The van der Waals surface area contributed by atoms with E-state index in [0.717, 1.165) is 22.6 Å². The summed E-state index contributed by atoms with van der Waals surface area (Å²) in [6.07, 6.45) is 2.27. The maximum Gasteiger partial charge on any atom is 0.338 e. The number of carbonyl (C=O) groups excluding carboxylic acids is 4. The van der Waals surface area contributed by atoms with Crippen LogP contribution in [0.15, 0.2) is 35.7 Å². The zero-order valence-electron chi connectivity index (χ0n) is 16.8. The maximum atomic E-state index is 12.7. The Balaban J connectivity index is 1.31. The second-order valence-corrected chi connectivity index (χ2v) is 8.40. The summed E-state index contributed by atoms with van der Waals surface area (Å²) in [5.41, 5.74) is 0.536. The summed E-state index contributed by atoms with van der Waals surface area (Å²) < 4.78 is 10.6. The van der Waals surface area contributed by atoms with Crippen molar-refractivity contribution in [2.45, 2.75) is 25.4 Å². The first kappa shape index (κ1) is 21.2. The normalized spacial score (nSPS) is 17.7. The van der Waals surface area contributed by atoms with Crippen molar-refractivity contribution in [1.82, 2.24) is 10.2 Å². The number of rotatable bonds is 8. The van der Waals surface area contributed by atoms with E-state index in [0.29, 0.717) is 19.6 Å². The number of hydrogen-bond donors (Lipinski definition) is 1. The number of nitrogens with one attached hydrogen (secondary N) is 1. The molecule has 1 N–H and O–H groups in total. The summed E-state index contributed by atoms with van der Waals surface area (Å²) in [7, 11) is 0. The third kappa shape index (κ3) is 4.83. The van der Waals surface area contributed by atoms with Crippen molar-refractivity contribution in [1.29, 1.82) is 0 Å². The predicted octanol–water partition coefficient (Wildman–Crippen LogP) is 2.04. The molecule has 1 aromatic heterocycles. The molecule has 1 unspecified atom stereocenters. The fraction of sp³-hybridized carbons (Fsp3) is 0.364. The monoisotopic (exact) mass is 442 g/mol. The van der Waals surface area contributed by atoms with Gasteiger partial charge < -0.3 is 14.8 Å². The molecule has 0 spiro atoms. The molecule has 9 heteroatoms. The summed E-state index contributed by atoms with van der Waals surface area (Å²) in [5.74, 6) is -1.97.